The molecule has 0 aliphatic rings. The van der Waals surface area contributed by atoms with Crippen LogP contribution in [-0.2, 0) is 47.4 Å². The van der Waals surface area contributed by atoms with Gasteiger partial charge in [-0.2, -0.15) is 0 Å². The maximum Gasteiger partial charge on any atom is 0.255 e. The van der Waals surface area contributed by atoms with E-state index in [4.69, 9.17) is 56.8 Å². The number of fused-ring (bicyclic) bond motifs is 3. The van der Waals surface area contributed by atoms with Gasteiger partial charge in [-0.1, -0.05) is 36.4 Å². The molecule has 7 rings (SSSR count). The highest BCUT2D eigenvalue weighted by Gasteiger charge is 2.37. The number of carbonyl (C=O) groups excluding carboxylic acids is 5. The Morgan fingerprint density at radius 1 is 0.370 bits per heavy atom. The fourth-order valence-electron chi connectivity index (χ4n) is 10.7. The molecule has 0 fully saturated rings. The Morgan fingerprint density at radius 2 is 0.680 bits per heavy atom. The van der Waals surface area contributed by atoms with Crippen LogP contribution in [-0.4, -0.2) is 233 Å². The van der Waals surface area contributed by atoms with E-state index in [2.05, 4.69) is 41.5 Å². The number of hydrogen-bond donors (Lipinski definition) is 8. The van der Waals surface area contributed by atoms with Crippen molar-refractivity contribution in [1.82, 2.24) is 41.5 Å². The normalized spacial score (nSPS) is 11.4. The highest BCUT2D eigenvalue weighted by Crippen LogP contribution is 2.40. The Kier molecular flexibility index (Phi) is 34.5. The predicted molar refractivity (Wildman–Crippen MR) is 371 cm³/mol. The summed E-state index contributed by atoms with van der Waals surface area (Å²) in [5.41, 5.74) is -0.172. The number of nitrogens with zero attached hydrogens (tertiary/aromatic N) is 3. The van der Waals surface area contributed by atoms with E-state index in [1.165, 1.54) is 36.8 Å². The molecule has 0 bridgehead atoms. The van der Waals surface area contributed by atoms with Crippen molar-refractivity contribution in [3.63, 3.8) is 0 Å². The number of hydrogen-bond acceptors (Lipinski definition) is 23. The molecule has 7 aromatic rings. The zero-order valence-electron chi connectivity index (χ0n) is 57.2. The maximum atomic E-state index is 15.1. The largest absolute Gasteiger partial charge is 0.505 e. The van der Waals surface area contributed by atoms with Crippen molar-refractivity contribution >= 4 is 62.2 Å². The number of phenolic OH excluding ortho intramolecular Hbond substituents is 3. The minimum atomic E-state index is -1.20. The van der Waals surface area contributed by atoms with E-state index in [1.54, 1.807) is 88.1 Å². The van der Waals surface area contributed by atoms with Crippen LogP contribution in [0.15, 0.2) is 104 Å². The number of aromatic nitrogens is 3. The quantitative estimate of drug-likeness (QED) is 0.0189. The number of benzene rings is 4. The molecule has 0 aliphatic carbocycles. The van der Waals surface area contributed by atoms with Crippen molar-refractivity contribution in [3.8, 4) is 34.5 Å². The fraction of sp³-hybridized carbons (Fsp3) is 0.472. The fourth-order valence-corrected chi connectivity index (χ4v) is 10.7. The summed E-state index contributed by atoms with van der Waals surface area (Å²) in [6.45, 7) is 5.75. The second-order valence-corrected chi connectivity index (χ2v) is 22.8. The van der Waals surface area contributed by atoms with E-state index in [0.29, 0.717) is 95.4 Å². The van der Waals surface area contributed by atoms with E-state index < -0.39 is 29.0 Å². The summed E-state index contributed by atoms with van der Waals surface area (Å²) in [5.74, 6) is -2.73. The molecular formula is C72H94N8O20. The lowest BCUT2D eigenvalue weighted by molar-refractivity contribution is -0.132. The van der Waals surface area contributed by atoms with Gasteiger partial charge in [0.1, 0.15) is 36.4 Å². The van der Waals surface area contributed by atoms with Crippen molar-refractivity contribution in [3.05, 3.63) is 126 Å². The summed E-state index contributed by atoms with van der Waals surface area (Å²) in [6, 6.07) is 23.2. The first-order chi connectivity index (χ1) is 48.9. The number of methoxy groups -OCH3 is 3. The molecule has 3 heterocycles. The average Bonchev–Trinajstić information content (AvgIpc) is 0.831. The molecule has 28 nitrogen and oxygen atoms in total. The number of rotatable bonds is 51. The SMILES string of the molecule is COCCOCCOCCOc1cc(C(=O)NCCCNC(=O)C(CCCNC(=O)c2ccc3cccnc3c2O)(CCCNC(=O)c2ccc3cccnc3c2O)CCCNC(=O)c2ccc3cccnc3c2O)cc(OCCOCCOCCOC)c1OCCOCCOCCOC. The standard InChI is InChI=1S/C72H94N8O20/c1-89-31-34-92-37-40-95-43-46-98-58-49-54(50-59(99-47-44-96-41-38-93-35-32-90-2)66(58)100-48-45-97-42-39-94-36-33-91-3)67(84)76-29-10-30-80-71(88)72(20-7-26-77-68(85)55-17-14-51-11-4-23-73-60(51)63(55)81,21-8-27-78-69(86)56-18-15-52-12-5-24-74-61(52)64(56)82)22-9-28-79-70(87)57-19-16-53-13-6-25-75-62(53)65(57)83/h4-6,11-19,23-25,49-50,81-83H,7-10,20-22,26-48H2,1-3H3,(H,76,84)(H,77,85)(H,78,86)(H,79,87)(H,80,88). The van der Waals surface area contributed by atoms with Crippen molar-refractivity contribution < 1.29 is 96.1 Å². The summed E-state index contributed by atoms with van der Waals surface area (Å²) in [7, 11) is 4.78. The second-order valence-electron chi connectivity index (χ2n) is 22.8. The van der Waals surface area contributed by atoms with Gasteiger partial charge in [0.2, 0.25) is 11.7 Å². The topological polar surface area (TPSA) is 356 Å². The maximum absolute atomic E-state index is 15.1. The molecule has 542 valence electrons. The number of ether oxygens (including phenoxy) is 12. The molecule has 3 aromatic heterocycles. The Balaban J connectivity index is 1.07. The molecule has 8 N–H and O–H groups in total. The summed E-state index contributed by atoms with van der Waals surface area (Å²) < 4.78 is 67.7. The van der Waals surface area contributed by atoms with Crippen LogP contribution in [0, 0.1) is 5.41 Å². The van der Waals surface area contributed by atoms with Crippen molar-refractivity contribution in [2.45, 2.75) is 44.9 Å². The van der Waals surface area contributed by atoms with E-state index >= 15 is 4.79 Å². The summed E-state index contributed by atoms with van der Waals surface area (Å²) >= 11 is 0. The van der Waals surface area contributed by atoms with Gasteiger partial charge < -0.3 is 98.7 Å². The number of aromatic hydroxyl groups is 3. The predicted octanol–water partition coefficient (Wildman–Crippen LogP) is 6.48. The first-order valence-electron chi connectivity index (χ1n) is 33.5. The molecule has 5 amide bonds. The van der Waals surface area contributed by atoms with Crippen LogP contribution in [0.4, 0.5) is 0 Å². The van der Waals surface area contributed by atoms with Crippen molar-refractivity contribution in [2.75, 3.05) is 173 Å². The Morgan fingerprint density at radius 3 is 1.04 bits per heavy atom. The molecule has 0 saturated heterocycles. The van der Waals surface area contributed by atoms with E-state index in [0.717, 1.165) is 0 Å². The monoisotopic (exact) mass is 1390 g/mol. The summed E-state index contributed by atoms with van der Waals surface area (Å²) in [6.07, 6.45) is 6.23. The Bertz CT molecular complexity index is 3380. The Labute approximate surface area is 581 Å². The van der Waals surface area contributed by atoms with Crippen molar-refractivity contribution in [2.24, 2.45) is 5.41 Å². The molecule has 0 unspecified atom stereocenters. The number of pyridine rings is 3. The van der Waals surface area contributed by atoms with Crippen LogP contribution in [0.3, 0.4) is 0 Å². The first-order valence-corrected chi connectivity index (χ1v) is 33.5. The molecule has 28 heteroatoms. The van der Waals surface area contributed by atoms with Gasteiger partial charge in [0, 0.05) is 99.8 Å². The lowest BCUT2D eigenvalue weighted by atomic mass is 9.74. The van der Waals surface area contributed by atoms with Gasteiger partial charge in [-0.3, -0.25) is 38.9 Å². The average molecular weight is 1390 g/mol. The third kappa shape index (κ3) is 25.0. The third-order valence-corrected chi connectivity index (χ3v) is 15.9. The minimum absolute atomic E-state index is 0.0208. The molecule has 0 spiro atoms. The molecule has 4 aromatic carbocycles. The number of amides is 5. The summed E-state index contributed by atoms with van der Waals surface area (Å²) in [5, 5.41) is 49.9. The van der Waals surface area contributed by atoms with Gasteiger partial charge >= 0.3 is 0 Å². The molecule has 0 radical (unpaired) electrons. The van der Waals surface area contributed by atoms with Gasteiger partial charge in [0.15, 0.2) is 28.7 Å². The summed E-state index contributed by atoms with van der Waals surface area (Å²) in [4.78, 5) is 83.1. The van der Waals surface area contributed by atoms with Crippen LogP contribution in [0.2, 0.25) is 0 Å². The number of nitrogens with one attached hydrogen (secondary N) is 5. The van der Waals surface area contributed by atoms with Crippen LogP contribution < -0.4 is 40.8 Å². The molecular weight excluding hydrogens is 1300 g/mol. The van der Waals surface area contributed by atoms with Gasteiger partial charge in [-0.05, 0) is 93.5 Å². The van der Waals surface area contributed by atoms with E-state index in [1.807, 2.05) is 0 Å². The van der Waals surface area contributed by atoms with Gasteiger partial charge in [0.05, 0.1) is 116 Å². The number of carbonyl (C=O) groups is 5. The zero-order valence-corrected chi connectivity index (χ0v) is 57.2. The third-order valence-electron chi connectivity index (χ3n) is 15.9. The highest BCUT2D eigenvalue weighted by atomic mass is 16.6. The minimum Gasteiger partial charge on any atom is -0.505 e. The van der Waals surface area contributed by atoms with E-state index in [9.17, 15) is 34.5 Å². The van der Waals surface area contributed by atoms with Crippen LogP contribution in [0.25, 0.3) is 32.7 Å². The second kappa shape index (κ2) is 44.1. The van der Waals surface area contributed by atoms with Crippen LogP contribution in [0.1, 0.15) is 86.4 Å². The number of phenols is 3. The molecule has 0 saturated carbocycles. The van der Waals surface area contributed by atoms with Gasteiger partial charge in [-0.15, -0.1) is 0 Å². The van der Waals surface area contributed by atoms with Gasteiger partial charge in [0.25, 0.3) is 23.6 Å². The molecule has 0 aliphatic heterocycles. The van der Waals surface area contributed by atoms with E-state index in [-0.39, 0.29) is 197 Å². The van der Waals surface area contributed by atoms with Crippen LogP contribution in [0.5, 0.6) is 34.5 Å². The van der Waals surface area contributed by atoms with Gasteiger partial charge in [-0.25, -0.2) is 0 Å². The first kappa shape index (κ1) is 78.2. The lowest BCUT2D eigenvalue weighted by Crippen LogP contribution is -2.43. The molecule has 100 heavy (non-hydrogen) atoms. The van der Waals surface area contributed by atoms with Crippen molar-refractivity contribution in [1.29, 1.82) is 0 Å². The Hall–Kier alpha value is -9.10. The smallest absolute Gasteiger partial charge is 0.255 e. The molecule has 0 atom stereocenters. The highest BCUT2D eigenvalue weighted by molar-refractivity contribution is 6.04. The zero-order chi connectivity index (χ0) is 71.0. The lowest BCUT2D eigenvalue weighted by Gasteiger charge is -2.33. The van der Waals surface area contributed by atoms with Crippen LogP contribution >= 0.6 is 0 Å².